The second-order valence-electron chi connectivity index (χ2n) is 4.87. The first-order chi connectivity index (χ1) is 8.43. The van der Waals surface area contributed by atoms with Crippen LogP contribution in [-0.2, 0) is 4.79 Å². The molecule has 1 unspecified atom stereocenters. The number of rotatable bonds is 6. The molecule has 0 spiro atoms. The van der Waals surface area contributed by atoms with Gasteiger partial charge in [0.05, 0.1) is 12.1 Å². The van der Waals surface area contributed by atoms with Crippen LogP contribution in [0.3, 0.4) is 0 Å². The molecule has 100 valence electrons. The molecule has 1 amide bonds. The van der Waals surface area contributed by atoms with Crippen LogP contribution in [0.5, 0.6) is 0 Å². The highest BCUT2D eigenvalue weighted by molar-refractivity contribution is 5.92. The Bertz CT molecular complexity index is 403. The molecule has 0 saturated heterocycles. The molecule has 1 aromatic carbocycles. The predicted molar refractivity (Wildman–Crippen MR) is 73.6 cm³/mol. The number of carbonyl (C=O) groups excluding carboxylic acids is 1. The van der Waals surface area contributed by atoms with Gasteiger partial charge in [-0.15, -0.1) is 0 Å². The largest absolute Gasteiger partial charge is 0.389 e. The number of hydrogen-bond acceptors (Lipinski definition) is 3. The number of aliphatic hydroxyl groups is 1. The highest BCUT2D eigenvalue weighted by atomic mass is 16.3. The maximum atomic E-state index is 11.6. The van der Waals surface area contributed by atoms with Crippen molar-refractivity contribution in [1.82, 2.24) is 5.32 Å². The molecule has 18 heavy (non-hydrogen) atoms. The second kappa shape index (κ2) is 6.52. The van der Waals surface area contributed by atoms with Gasteiger partial charge < -0.3 is 15.7 Å². The van der Waals surface area contributed by atoms with E-state index in [1.54, 1.807) is 6.92 Å². The minimum absolute atomic E-state index is 0.104. The van der Waals surface area contributed by atoms with Crippen LogP contribution in [0.1, 0.15) is 25.8 Å². The monoisotopic (exact) mass is 250 g/mol. The number of aryl methyl sites for hydroxylation is 1. The first-order valence-corrected chi connectivity index (χ1v) is 6.22. The van der Waals surface area contributed by atoms with E-state index >= 15 is 0 Å². The zero-order chi connectivity index (χ0) is 13.6. The minimum atomic E-state index is -0.760. The predicted octanol–water partition coefficient (Wildman–Crippen LogP) is 1.68. The van der Waals surface area contributed by atoms with Crippen molar-refractivity contribution in [3.8, 4) is 0 Å². The zero-order valence-electron chi connectivity index (χ0n) is 11.3. The summed E-state index contributed by atoms with van der Waals surface area (Å²) in [5, 5.41) is 15.5. The average molecular weight is 250 g/mol. The molecule has 4 nitrogen and oxygen atoms in total. The molecule has 0 aliphatic heterocycles. The van der Waals surface area contributed by atoms with Crippen LogP contribution >= 0.6 is 0 Å². The number of nitrogens with one attached hydrogen (secondary N) is 2. The normalized spacial score (nSPS) is 14.0. The third-order valence-corrected chi connectivity index (χ3v) is 2.85. The summed E-state index contributed by atoms with van der Waals surface area (Å²) >= 11 is 0. The Balaban J connectivity index is 2.34. The van der Waals surface area contributed by atoms with E-state index in [-0.39, 0.29) is 12.5 Å². The molecule has 0 bridgehead atoms. The first-order valence-electron chi connectivity index (χ1n) is 6.22. The summed E-state index contributed by atoms with van der Waals surface area (Å²) in [5.41, 5.74) is 1.14. The van der Waals surface area contributed by atoms with E-state index in [0.29, 0.717) is 13.0 Å². The topological polar surface area (TPSA) is 61.4 Å². The van der Waals surface area contributed by atoms with Gasteiger partial charge in [0.1, 0.15) is 0 Å². The van der Waals surface area contributed by atoms with E-state index in [1.807, 2.05) is 38.1 Å². The number of hydrogen-bond donors (Lipinski definition) is 3. The lowest BCUT2D eigenvalue weighted by molar-refractivity contribution is -0.115. The van der Waals surface area contributed by atoms with Crippen LogP contribution in [-0.4, -0.2) is 29.7 Å². The van der Waals surface area contributed by atoms with Gasteiger partial charge in [0.15, 0.2) is 0 Å². The van der Waals surface area contributed by atoms with Crippen LogP contribution in [0.15, 0.2) is 24.3 Å². The molecule has 1 rings (SSSR count). The molecule has 0 saturated carbocycles. The molecule has 1 aromatic rings. The van der Waals surface area contributed by atoms with E-state index in [9.17, 15) is 9.90 Å². The van der Waals surface area contributed by atoms with Crippen molar-refractivity contribution in [2.45, 2.75) is 32.8 Å². The number of amides is 1. The molecule has 0 aliphatic rings. The lowest BCUT2D eigenvalue weighted by Gasteiger charge is -2.21. The standard InChI is InChI=1S/C14H22N2O2/c1-4-14(3,18)10-15-9-13(17)16-12-7-5-6-11(2)8-12/h5-8,15,18H,4,9-10H2,1-3H3,(H,16,17). The van der Waals surface area contributed by atoms with Crippen molar-refractivity contribution in [2.24, 2.45) is 0 Å². The Kier molecular flexibility index (Phi) is 5.31. The van der Waals surface area contributed by atoms with Crippen LogP contribution < -0.4 is 10.6 Å². The summed E-state index contributed by atoms with van der Waals surface area (Å²) in [6.45, 7) is 6.24. The number of benzene rings is 1. The molecule has 0 heterocycles. The maximum Gasteiger partial charge on any atom is 0.238 e. The summed E-state index contributed by atoms with van der Waals surface area (Å²) in [6, 6.07) is 7.65. The lowest BCUT2D eigenvalue weighted by Crippen LogP contribution is -2.40. The number of anilines is 1. The van der Waals surface area contributed by atoms with Gasteiger partial charge in [-0.3, -0.25) is 4.79 Å². The van der Waals surface area contributed by atoms with Crippen LogP contribution in [0.25, 0.3) is 0 Å². The first kappa shape index (κ1) is 14.7. The summed E-state index contributed by atoms with van der Waals surface area (Å²) in [4.78, 5) is 11.6. The van der Waals surface area contributed by atoms with Gasteiger partial charge in [0.2, 0.25) is 5.91 Å². The van der Waals surface area contributed by atoms with Crippen LogP contribution in [0, 0.1) is 6.92 Å². The second-order valence-corrected chi connectivity index (χ2v) is 4.87. The molecule has 4 heteroatoms. The molecule has 3 N–H and O–H groups in total. The smallest absolute Gasteiger partial charge is 0.238 e. The molecular weight excluding hydrogens is 228 g/mol. The average Bonchev–Trinajstić information content (AvgIpc) is 2.28. The van der Waals surface area contributed by atoms with Crippen molar-refractivity contribution in [3.63, 3.8) is 0 Å². The van der Waals surface area contributed by atoms with Crippen molar-refractivity contribution >= 4 is 11.6 Å². The summed E-state index contributed by atoms with van der Waals surface area (Å²) in [7, 11) is 0. The van der Waals surface area contributed by atoms with Gasteiger partial charge in [-0.1, -0.05) is 19.1 Å². The van der Waals surface area contributed by atoms with E-state index in [0.717, 1.165) is 11.3 Å². The van der Waals surface area contributed by atoms with Crippen molar-refractivity contribution in [1.29, 1.82) is 0 Å². The van der Waals surface area contributed by atoms with E-state index in [1.165, 1.54) is 0 Å². The van der Waals surface area contributed by atoms with Gasteiger partial charge >= 0.3 is 0 Å². The highest BCUT2D eigenvalue weighted by Gasteiger charge is 2.16. The minimum Gasteiger partial charge on any atom is -0.389 e. The van der Waals surface area contributed by atoms with Crippen LogP contribution in [0.4, 0.5) is 5.69 Å². The summed E-state index contributed by atoms with van der Waals surface area (Å²) in [6.07, 6.45) is 0.652. The molecule has 1 atom stereocenters. The maximum absolute atomic E-state index is 11.6. The van der Waals surface area contributed by atoms with Crippen molar-refractivity contribution < 1.29 is 9.90 Å². The van der Waals surface area contributed by atoms with E-state index < -0.39 is 5.60 Å². The van der Waals surface area contributed by atoms with Gasteiger partial charge in [-0.05, 0) is 38.0 Å². The molecule has 0 aliphatic carbocycles. The Morgan fingerprint density at radius 2 is 2.17 bits per heavy atom. The Labute approximate surface area is 108 Å². The molecule has 0 aromatic heterocycles. The molecule has 0 fully saturated rings. The Morgan fingerprint density at radius 1 is 1.44 bits per heavy atom. The SMILES string of the molecule is CCC(C)(O)CNCC(=O)Nc1cccc(C)c1. The zero-order valence-corrected chi connectivity index (χ0v) is 11.3. The van der Waals surface area contributed by atoms with Crippen LogP contribution in [0.2, 0.25) is 0 Å². The Hall–Kier alpha value is -1.39. The lowest BCUT2D eigenvalue weighted by atomic mass is 10.0. The fraction of sp³-hybridized carbons (Fsp3) is 0.500. The van der Waals surface area contributed by atoms with Crippen molar-refractivity contribution in [2.75, 3.05) is 18.4 Å². The fourth-order valence-electron chi connectivity index (χ4n) is 1.50. The number of carbonyl (C=O) groups is 1. The fourth-order valence-corrected chi connectivity index (χ4v) is 1.50. The molecular formula is C14H22N2O2. The van der Waals surface area contributed by atoms with Gasteiger partial charge in [-0.2, -0.15) is 0 Å². The van der Waals surface area contributed by atoms with E-state index in [2.05, 4.69) is 10.6 Å². The van der Waals surface area contributed by atoms with Gasteiger partial charge in [-0.25, -0.2) is 0 Å². The third kappa shape index (κ3) is 5.29. The summed E-state index contributed by atoms with van der Waals surface area (Å²) < 4.78 is 0. The van der Waals surface area contributed by atoms with E-state index in [4.69, 9.17) is 0 Å². The van der Waals surface area contributed by atoms with Gasteiger partial charge in [0, 0.05) is 12.2 Å². The summed E-state index contributed by atoms with van der Waals surface area (Å²) in [5.74, 6) is -0.104. The van der Waals surface area contributed by atoms with Crippen molar-refractivity contribution in [3.05, 3.63) is 29.8 Å². The highest BCUT2D eigenvalue weighted by Crippen LogP contribution is 2.09. The molecule has 0 radical (unpaired) electrons. The Morgan fingerprint density at radius 3 is 2.78 bits per heavy atom. The van der Waals surface area contributed by atoms with Gasteiger partial charge in [0.25, 0.3) is 0 Å². The third-order valence-electron chi connectivity index (χ3n) is 2.85. The quantitative estimate of drug-likeness (QED) is 0.720.